The van der Waals surface area contributed by atoms with Gasteiger partial charge < -0.3 is 10.7 Å². The monoisotopic (exact) mass is 251 g/mol. The van der Waals surface area contributed by atoms with Gasteiger partial charge in [-0.25, -0.2) is 15.8 Å². The Bertz CT molecular complexity index is 383. The minimum Gasteiger partial charge on any atom is -0.370 e. The maximum Gasteiger partial charge on any atom is 0.145 e. The van der Waals surface area contributed by atoms with Gasteiger partial charge in [-0.1, -0.05) is 41.0 Å². The van der Waals surface area contributed by atoms with Crippen molar-refractivity contribution in [2.24, 2.45) is 11.8 Å². The smallest absolute Gasteiger partial charge is 0.145 e. The summed E-state index contributed by atoms with van der Waals surface area (Å²) < 4.78 is 0. The Hall–Kier alpha value is -1.36. The number of anilines is 2. The molecule has 0 amide bonds. The molecule has 1 rings (SSSR count). The van der Waals surface area contributed by atoms with Crippen molar-refractivity contribution in [1.82, 2.24) is 9.97 Å². The second-order valence-electron chi connectivity index (χ2n) is 5.75. The summed E-state index contributed by atoms with van der Waals surface area (Å²) in [6, 6.07) is 1.83. The van der Waals surface area contributed by atoms with Crippen LogP contribution in [0.1, 0.15) is 46.9 Å². The van der Waals surface area contributed by atoms with E-state index in [1.165, 1.54) is 0 Å². The quantitative estimate of drug-likeness (QED) is 0.554. The summed E-state index contributed by atoms with van der Waals surface area (Å²) in [7, 11) is 0. The SMILES string of the molecule is CCC(C)CNc1cc(NN)nc(C(C)(C)C)n1. The summed E-state index contributed by atoms with van der Waals surface area (Å²) >= 11 is 0. The molecule has 1 unspecified atom stereocenters. The summed E-state index contributed by atoms with van der Waals surface area (Å²) in [6.07, 6.45) is 1.15. The van der Waals surface area contributed by atoms with E-state index in [2.05, 4.69) is 55.3 Å². The molecule has 5 heteroatoms. The average molecular weight is 251 g/mol. The molecule has 1 heterocycles. The number of hydrogen-bond acceptors (Lipinski definition) is 5. The number of nitrogens with two attached hydrogens (primary N) is 1. The van der Waals surface area contributed by atoms with Crippen molar-refractivity contribution in [1.29, 1.82) is 0 Å². The number of nitrogens with zero attached hydrogens (tertiary/aromatic N) is 2. The number of nitrogens with one attached hydrogen (secondary N) is 2. The third-order valence-electron chi connectivity index (χ3n) is 2.87. The lowest BCUT2D eigenvalue weighted by molar-refractivity contribution is 0.545. The lowest BCUT2D eigenvalue weighted by Crippen LogP contribution is -2.21. The summed E-state index contributed by atoms with van der Waals surface area (Å²) in [5, 5.41) is 3.34. The van der Waals surface area contributed by atoms with Crippen molar-refractivity contribution in [2.45, 2.75) is 46.5 Å². The van der Waals surface area contributed by atoms with Gasteiger partial charge in [-0.05, 0) is 5.92 Å². The molecule has 1 atom stereocenters. The van der Waals surface area contributed by atoms with E-state index >= 15 is 0 Å². The second kappa shape index (κ2) is 6.00. The van der Waals surface area contributed by atoms with Gasteiger partial charge in [-0.2, -0.15) is 0 Å². The number of rotatable bonds is 5. The molecule has 102 valence electrons. The van der Waals surface area contributed by atoms with Gasteiger partial charge in [-0.15, -0.1) is 0 Å². The Labute approximate surface area is 110 Å². The van der Waals surface area contributed by atoms with Crippen LogP contribution in [0.5, 0.6) is 0 Å². The Morgan fingerprint density at radius 2 is 1.89 bits per heavy atom. The van der Waals surface area contributed by atoms with Gasteiger partial charge in [0, 0.05) is 18.0 Å². The van der Waals surface area contributed by atoms with Gasteiger partial charge in [0.05, 0.1) is 0 Å². The molecule has 0 aliphatic heterocycles. The third-order valence-corrected chi connectivity index (χ3v) is 2.87. The number of hydrogen-bond donors (Lipinski definition) is 3. The van der Waals surface area contributed by atoms with E-state index in [0.29, 0.717) is 11.7 Å². The van der Waals surface area contributed by atoms with Crippen molar-refractivity contribution in [2.75, 3.05) is 17.3 Å². The van der Waals surface area contributed by atoms with Gasteiger partial charge in [0.2, 0.25) is 0 Å². The van der Waals surface area contributed by atoms with Crippen LogP contribution in [0, 0.1) is 5.92 Å². The highest BCUT2D eigenvalue weighted by atomic mass is 15.3. The lowest BCUT2D eigenvalue weighted by Gasteiger charge is -2.19. The molecule has 5 nitrogen and oxygen atoms in total. The van der Waals surface area contributed by atoms with Crippen LogP contribution in [0.4, 0.5) is 11.6 Å². The number of hydrazine groups is 1. The summed E-state index contributed by atoms with van der Waals surface area (Å²) in [6.45, 7) is 11.5. The van der Waals surface area contributed by atoms with Gasteiger partial charge in [0.25, 0.3) is 0 Å². The molecule has 0 spiro atoms. The molecular formula is C13H25N5. The Balaban J connectivity index is 2.91. The van der Waals surface area contributed by atoms with Crippen molar-refractivity contribution in [3.63, 3.8) is 0 Å². The zero-order chi connectivity index (χ0) is 13.8. The topological polar surface area (TPSA) is 75.9 Å². The molecule has 0 fully saturated rings. The van der Waals surface area contributed by atoms with Crippen molar-refractivity contribution < 1.29 is 0 Å². The van der Waals surface area contributed by atoms with E-state index < -0.39 is 0 Å². The van der Waals surface area contributed by atoms with Crippen LogP contribution in [0.3, 0.4) is 0 Å². The first kappa shape index (κ1) is 14.7. The van der Waals surface area contributed by atoms with Gasteiger partial charge in [0.1, 0.15) is 17.5 Å². The summed E-state index contributed by atoms with van der Waals surface area (Å²) in [4.78, 5) is 8.92. The highest BCUT2D eigenvalue weighted by Gasteiger charge is 2.19. The molecule has 0 aliphatic rings. The maximum atomic E-state index is 5.44. The van der Waals surface area contributed by atoms with E-state index in [-0.39, 0.29) is 5.41 Å². The standard InChI is InChI=1S/C13H25N5/c1-6-9(2)8-15-10-7-11(18-14)17-12(16-10)13(3,4)5/h7,9H,6,8,14H2,1-5H3,(H2,15,16,17,18). The van der Waals surface area contributed by atoms with Crippen LogP contribution in [0.25, 0.3) is 0 Å². The normalized spacial score (nSPS) is 13.2. The van der Waals surface area contributed by atoms with E-state index in [0.717, 1.165) is 24.6 Å². The third kappa shape index (κ3) is 4.14. The molecule has 0 bridgehead atoms. The van der Waals surface area contributed by atoms with Crippen LogP contribution in [-0.2, 0) is 5.41 Å². The second-order valence-corrected chi connectivity index (χ2v) is 5.75. The van der Waals surface area contributed by atoms with E-state index in [4.69, 9.17) is 5.84 Å². The number of aromatic nitrogens is 2. The number of nitrogen functional groups attached to an aromatic ring is 1. The van der Waals surface area contributed by atoms with E-state index in [1.807, 2.05) is 6.07 Å². The predicted octanol–water partition coefficient (Wildman–Crippen LogP) is 2.52. The molecule has 0 aliphatic carbocycles. The van der Waals surface area contributed by atoms with Crippen LogP contribution < -0.4 is 16.6 Å². The fourth-order valence-corrected chi connectivity index (χ4v) is 1.37. The van der Waals surface area contributed by atoms with Crippen LogP contribution in [0.15, 0.2) is 6.07 Å². The fourth-order valence-electron chi connectivity index (χ4n) is 1.37. The van der Waals surface area contributed by atoms with Crippen molar-refractivity contribution in [3.05, 3.63) is 11.9 Å². The first-order valence-electron chi connectivity index (χ1n) is 6.46. The Morgan fingerprint density at radius 3 is 2.39 bits per heavy atom. The Kier molecular flexibility index (Phi) is 4.90. The Morgan fingerprint density at radius 1 is 1.28 bits per heavy atom. The van der Waals surface area contributed by atoms with E-state index in [9.17, 15) is 0 Å². The van der Waals surface area contributed by atoms with Gasteiger partial charge in [0.15, 0.2) is 0 Å². The molecule has 0 aromatic carbocycles. The maximum absolute atomic E-state index is 5.44. The molecule has 0 radical (unpaired) electrons. The predicted molar refractivity (Wildman–Crippen MR) is 76.5 cm³/mol. The molecular weight excluding hydrogens is 226 g/mol. The van der Waals surface area contributed by atoms with Crippen molar-refractivity contribution in [3.8, 4) is 0 Å². The summed E-state index contributed by atoms with van der Waals surface area (Å²) in [5.74, 6) is 8.31. The first-order valence-corrected chi connectivity index (χ1v) is 6.46. The fraction of sp³-hybridized carbons (Fsp3) is 0.692. The highest BCUT2D eigenvalue weighted by molar-refractivity contribution is 5.47. The molecule has 1 aromatic rings. The van der Waals surface area contributed by atoms with Gasteiger partial charge >= 0.3 is 0 Å². The zero-order valence-electron chi connectivity index (χ0n) is 12.0. The molecule has 18 heavy (non-hydrogen) atoms. The minimum absolute atomic E-state index is 0.0976. The van der Waals surface area contributed by atoms with Crippen LogP contribution in [-0.4, -0.2) is 16.5 Å². The lowest BCUT2D eigenvalue weighted by atomic mass is 9.96. The minimum atomic E-state index is -0.0976. The zero-order valence-corrected chi connectivity index (χ0v) is 12.0. The summed E-state index contributed by atoms with van der Waals surface area (Å²) in [5.41, 5.74) is 2.49. The highest BCUT2D eigenvalue weighted by Crippen LogP contribution is 2.22. The van der Waals surface area contributed by atoms with Crippen LogP contribution in [0.2, 0.25) is 0 Å². The molecule has 1 aromatic heterocycles. The van der Waals surface area contributed by atoms with Gasteiger partial charge in [-0.3, -0.25) is 0 Å². The molecule has 0 saturated heterocycles. The van der Waals surface area contributed by atoms with E-state index in [1.54, 1.807) is 0 Å². The first-order chi connectivity index (χ1) is 8.36. The average Bonchev–Trinajstić information content (AvgIpc) is 2.34. The largest absolute Gasteiger partial charge is 0.370 e. The molecule has 4 N–H and O–H groups in total. The molecule has 0 saturated carbocycles. The van der Waals surface area contributed by atoms with Crippen molar-refractivity contribution >= 4 is 11.6 Å². The van der Waals surface area contributed by atoms with Crippen LogP contribution >= 0.6 is 0 Å².